The van der Waals surface area contributed by atoms with E-state index in [-0.39, 0.29) is 34.0 Å². The number of hydrogen-bond acceptors (Lipinski definition) is 4. The van der Waals surface area contributed by atoms with Crippen LogP contribution in [0.3, 0.4) is 0 Å². The number of methoxy groups -OCH3 is 1. The Morgan fingerprint density at radius 2 is 1.86 bits per heavy atom. The second-order valence-corrected chi connectivity index (χ2v) is 5.08. The minimum atomic E-state index is -1.42. The van der Waals surface area contributed by atoms with Crippen LogP contribution in [0.1, 0.15) is 10.5 Å². The third-order valence-electron chi connectivity index (χ3n) is 3.01. The topological polar surface area (TPSA) is 88.8 Å². The van der Waals surface area contributed by atoms with Gasteiger partial charge in [0.15, 0.2) is 11.4 Å². The van der Waals surface area contributed by atoms with Crippen molar-refractivity contribution in [2.75, 3.05) is 13.7 Å². The van der Waals surface area contributed by atoms with Crippen molar-refractivity contribution in [2.45, 2.75) is 6.54 Å². The van der Waals surface area contributed by atoms with Crippen molar-refractivity contribution in [3.8, 4) is 5.75 Å². The highest BCUT2D eigenvalue weighted by molar-refractivity contribution is 6.42. The van der Waals surface area contributed by atoms with Crippen LogP contribution >= 0.6 is 23.2 Å². The van der Waals surface area contributed by atoms with Gasteiger partial charge in [-0.25, -0.2) is 4.79 Å². The monoisotopic (exact) mass is 331 g/mol. The first-order valence-electron chi connectivity index (χ1n) is 5.85. The molecule has 1 aromatic carbocycles. The van der Waals surface area contributed by atoms with Crippen LogP contribution in [0.25, 0.3) is 10.8 Å². The average molecular weight is 332 g/mol. The standard InChI is InChI=1S/C13H11Cl2NO5/c1-21-3-2-16-10(13(19)20)11(17)6-4-8(14)9(15)5-7(6)12(16)18/h4-5,17H,2-3H2,1H3,(H,19,20). The van der Waals surface area contributed by atoms with Crippen molar-refractivity contribution in [1.29, 1.82) is 0 Å². The summed E-state index contributed by atoms with van der Waals surface area (Å²) in [5, 5.41) is 19.8. The number of carbonyl (C=O) groups is 1. The highest BCUT2D eigenvalue weighted by atomic mass is 35.5. The second-order valence-electron chi connectivity index (χ2n) is 4.26. The fraction of sp³-hybridized carbons (Fsp3) is 0.231. The molecule has 0 aliphatic carbocycles. The summed E-state index contributed by atoms with van der Waals surface area (Å²) in [4.78, 5) is 23.7. The van der Waals surface area contributed by atoms with Crippen LogP contribution in [-0.2, 0) is 11.3 Å². The lowest BCUT2D eigenvalue weighted by atomic mass is 10.1. The number of fused-ring (bicyclic) bond motifs is 1. The van der Waals surface area contributed by atoms with Gasteiger partial charge in [-0.15, -0.1) is 0 Å². The fourth-order valence-corrected chi connectivity index (χ4v) is 2.36. The zero-order valence-corrected chi connectivity index (χ0v) is 12.4. The van der Waals surface area contributed by atoms with Gasteiger partial charge in [0, 0.05) is 12.5 Å². The Morgan fingerprint density at radius 1 is 1.29 bits per heavy atom. The van der Waals surface area contributed by atoms with Crippen LogP contribution in [0.4, 0.5) is 0 Å². The van der Waals surface area contributed by atoms with Crippen molar-refractivity contribution < 1.29 is 19.7 Å². The Bertz CT molecular complexity index is 784. The van der Waals surface area contributed by atoms with Gasteiger partial charge in [-0.1, -0.05) is 23.2 Å². The minimum absolute atomic E-state index is 0.0132. The third kappa shape index (κ3) is 2.70. The first-order chi connectivity index (χ1) is 9.88. The number of ether oxygens (including phenoxy) is 1. The summed E-state index contributed by atoms with van der Waals surface area (Å²) in [6, 6.07) is 2.57. The van der Waals surface area contributed by atoms with E-state index >= 15 is 0 Å². The Labute approximate surface area is 129 Å². The van der Waals surface area contributed by atoms with Crippen molar-refractivity contribution >= 4 is 39.9 Å². The molecule has 112 valence electrons. The van der Waals surface area contributed by atoms with E-state index in [1.54, 1.807) is 0 Å². The molecule has 0 aliphatic rings. The molecule has 8 heteroatoms. The molecule has 0 amide bonds. The molecule has 6 nitrogen and oxygen atoms in total. The number of aromatic nitrogens is 1. The maximum absolute atomic E-state index is 12.4. The highest BCUT2D eigenvalue weighted by Gasteiger charge is 2.22. The number of nitrogens with zero attached hydrogens (tertiary/aromatic N) is 1. The molecule has 2 rings (SSSR count). The van der Waals surface area contributed by atoms with Gasteiger partial charge in [0.25, 0.3) is 5.56 Å². The van der Waals surface area contributed by atoms with E-state index in [2.05, 4.69) is 0 Å². The molecule has 0 radical (unpaired) electrons. The van der Waals surface area contributed by atoms with Gasteiger partial charge in [-0.05, 0) is 12.1 Å². The predicted molar refractivity (Wildman–Crippen MR) is 78.7 cm³/mol. The van der Waals surface area contributed by atoms with Crippen molar-refractivity contribution in [3.63, 3.8) is 0 Å². The van der Waals surface area contributed by atoms with E-state index in [0.29, 0.717) is 0 Å². The summed E-state index contributed by atoms with van der Waals surface area (Å²) >= 11 is 11.7. The Kier molecular flexibility index (Phi) is 4.41. The number of halogens is 2. The zero-order valence-electron chi connectivity index (χ0n) is 10.9. The third-order valence-corrected chi connectivity index (χ3v) is 3.73. The number of aromatic hydroxyl groups is 1. The van der Waals surface area contributed by atoms with Crippen LogP contribution in [0.15, 0.2) is 16.9 Å². The summed E-state index contributed by atoms with van der Waals surface area (Å²) in [6.45, 7) is 0.104. The molecule has 2 aromatic rings. The van der Waals surface area contributed by atoms with Gasteiger partial charge in [-0.3, -0.25) is 9.36 Å². The van der Waals surface area contributed by atoms with Crippen LogP contribution < -0.4 is 5.56 Å². The maximum atomic E-state index is 12.4. The molecular weight excluding hydrogens is 321 g/mol. The van der Waals surface area contributed by atoms with Gasteiger partial charge in [0.2, 0.25) is 0 Å². The molecule has 0 spiro atoms. The molecule has 0 saturated carbocycles. The molecule has 0 fully saturated rings. The first-order valence-corrected chi connectivity index (χ1v) is 6.60. The Balaban J connectivity index is 2.91. The van der Waals surface area contributed by atoms with Crippen molar-refractivity contribution in [3.05, 3.63) is 38.2 Å². The lowest BCUT2D eigenvalue weighted by Gasteiger charge is -2.14. The Hall–Kier alpha value is -1.76. The summed E-state index contributed by atoms with van der Waals surface area (Å²) in [6.07, 6.45) is 0. The number of carboxylic acid groups (broad SMARTS) is 1. The highest BCUT2D eigenvalue weighted by Crippen LogP contribution is 2.33. The lowest BCUT2D eigenvalue weighted by molar-refractivity contribution is 0.0677. The summed E-state index contributed by atoms with van der Waals surface area (Å²) in [5.74, 6) is -1.96. The van der Waals surface area contributed by atoms with Crippen LogP contribution in [0, 0.1) is 0 Å². The van der Waals surface area contributed by atoms with Gasteiger partial charge >= 0.3 is 5.97 Å². The minimum Gasteiger partial charge on any atom is -0.505 e. The van der Waals surface area contributed by atoms with E-state index in [1.165, 1.54) is 19.2 Å². The van der Waals surface area contributed by atoms with E-state index in [0.717, 1.165) is 4.57 Å². The van der Waals surface area contributed by atoms with Gasteiger partial charge in [-0.2, -0.15) is 0 Å². The predicted octanol–water partition coefficient (Wildman–Crippen LogP) is 2.36. The van der Waals surface area contributed by atoms with Gasteiger partial charge in [0.05, 0.1) is 28.6 Å². The van der Waals surface area contributed by atoms with Crippen molar-refractivity contribution in [2.24, 2.45) is 0 Å². The molecule has 0 aliphatic heterocycles. The van der Waals surface area contributed by atoms with E-state index in [9.17, 15) is 19.8 Å². The van der Waals surface area contributed by atoms with Gasteiger partial charge < -0.3 is 14.9 Å². The number of hydrogen-bond donors (Lipinski definition) is 2. The molecule has 0 bridgehead atoms. The average Bonchev–Trinajstić information content (AvgIpc) is 2.42. The molecule has 21 heavy (non-hydrogen) atoms. The smallest absolute Gasteiger partial charge is 0.356 e. The normalized spacial score (nSPS) is 11.0. The van der Waals surface area contributed by atoms with Crippen LogP contribution in [-0.4, -0.2) is 34.5 Å². The number of carboxylic acids is 1. The SMILES string of the molecule is COCCn1c(C(=O)O)c(O)c2cc(Cl)c(Cl)cc2c1=O. The van der Waals surface area contributed by atoms with E-state index in [4.69, 9.17) is 27.9 Å². The second kappa shape index (κ2) is 5.93. The molecule has 1 heterocycles. The van der Waals surface area contributed by atoms with E-state index < -0.39 is 23.0 Å². The molecular formula is C13H11Cl2NO5. The number of benzene rings is 1. The maximum Gasteiger partial charge on any atom is 0.356 e. The number of aromatic carboxylic acids is 1. The fourth-order valence-electron chi connectivity index (χ4n) is 2.03. The number of rotatable bonds is 4. The molecule has 0 saturated heterocycles. The van der Waals surface area contributed by atoms with Gasteiger partial charge in [0.1, 0.15) is 0 Å². The van der Waals surface area contributed by atoms with E-state index in [1.807, 2.05) is 0 Å². The van der Waals surface area contributed by atoms with Crippen molar-refractivity contribution in [1.82, 2.24) is 4.57 Å². The van der Waals surface area contributed by atoms with Crippen LogP contribution in [0.2, 0.25) is 10.0 Å². The molecule has 0 atom stereocenters. The summed E-state index contributed by atoms with van der Waals surface area (Å²) < 4.78 is 5.79. The zero-order chi connectivity index (χ0) is 15.7. The molecule has 1 aromatic heterocycles. The lowest BCUT2D eigenvalue weighted by Crippen LogP contribution is -2.28. The molecule has 2 N–H and O–H groups in total. The van der Waals surface area contributed by atoms with Crippen LogP contribution in [0.5, 0.6) is 5.75 Å². The number of pyridine rings is 1. The summed E-state index contributed by atoms with van der Waals surface area (Å²) in [7, 11) is 1.42. The largest absolute Gasteiger partial charge is 0.505 e. The Morgan fingerprint density at radius 3 is 2.38 bits per heavy atom. The quantitative estimate of drug-likeness (QED) is 0.897. The molecule has 0 unspecified atom stereocenters. The summed E-state index contributed by atoms with van der Waals surface area (Å²) in [5.41, 5.74) is -1.10. The first kappa shape index (κ1) is 15.6.